The zero-order chi connectivity index (χ0) is 21.0. The number of rotatable bonds is 6. The molecule has 1 aliphatic heterocycles. The van der Waals surface area contributed by atoms with E-state index in [0.717, 1.165) is 36.8 Å². The van der Waals surface area contributed by atoms with Gasteiger partial charge in [0.05, 0.1) is 11.5 Å². The zero-order valence-electron chi connectivity index (χ0n) is 16.6. The van der Waals surface area contributed by atoms with Gasteiger partial charge in [-0.25, -0.2) is 0 Å². The van der Waals surface area contributed by atoms with Crippen molar-refractivity contribution in [1.29, 1.82) is 0 Å². The number of carbonyl (C=O) groups is 1. The van der Waals surface area contributed by atoms with Crippen LogP contribution in [0.4, 0.5) is 11.4 Å². The number of anilines is 1. The van der Waals surface area contributed by atoms with Crippen LogP contribution in [0.15, 0.2) is 48.5 Å². The summed E-state index contributed by atoms with van der Waals surface area (Å²) >= 11 is 6.33. The van der Waals surface area contributed by atoms with Crippen molar-refractivity contribution in [2.45, 2.75) is 13.0 Å². The molecule has 1 unspecified atom stereocenters. The van der Waals surface area contributed by atoms with Crippen molar-refractivity contribution in [2.75, 3.05) is 44.7 Å². The maximum Gasteiger partial charge on any atom is 0.269 e. The Kier molecular flexibility index (Phi) is 6.84. The molecule has 2 aromatic carbocycles. The van der Waals surface area contributed by atoms with Crippen molar-refractivity contribution in [1.82, 2.24) is 9.80 Å². The molecule has 0 bridgehead atoms. The lowest BCUT2D eigenvalue weighted by Gasteiger charge is -2.38. The van der Waals surface area contributed by atoms with Gasteiger partial charge in [0.2, 0.25) is 5.91 Å². The molecule has 0 aliphatic carbocycles. The second kappa shape index (κ2) is 9.35. The number of benzene rings is 2. The minimum Gasteiger partial charge on any atom is -0.314 e. The molecule has 0 radical (unpaired) electrons. The van der Waals surface area contributed by atoms with Crippen LogP contribution in [0.25, 0.3) is 0 Å². The number of hydrogen-bond donors (Lipinski definition) is 0. The molecule has 8 heteroatoms. The SMILES string of the molecule is CC(c1ccccc1Cl)N1CCN(CC(=O)N(C)c2ccc([N+](=O)[O-])cc2)CC1. The van der Waals surface area contributed by atoms with Crippen LogP contribution in [0.2, 0.25) is 5.02 Å². The number of nitro groups is 1. The van der Waals surface area contributed by atoms with Gasteiger partial charge in [0.1, 0.15) is 0 Å². The highest BCUT2D eigenvalue weighted by Gasteiger charge is 2.25. The van der Waals surface area contributed by atoms with Gasteiger partial charge in [0, 0.05) is 62.1 Å². The van der Waals surface area contributed by atoms with Gasteiger partial charge in [-0.2, -0.15) is 0 Å². The number of amides is 1. The van der Waals surface area contributed by atoms with Crippen LogP contribution >= 0.6 is 11.6 Å². The largest absolute Gasteiger partial charge is 0.314 e. The van der Waals surface area contributed by atoms with Gasteiger partial charge in [-0.1, -0.05) is 29.8 Å². The molecular formula is C21H25ClN4O3. The standard InChI is InChI=1S/C21H25ClN4O3/c1-16(19-5-3-4-6-20(19)22)25-13-11-24(12-14-25)15-21(27)23(2)17-7-9-18(10-8-17)26(28)29/h3-10,16H,11-15H2,1-2H3. The summed E-state index contributed by atoms with van der Waals surface area (Å²) in [5.74, 6) is -0.0357. The molecule has 1 atom stereocenters. The normalized spacial score (nSPS) is 16.4. The van der Waals surface area contributed by atoms with E-state index in [1.54, 1.807) is 24.1 Å². The summed E-state index contributed by atoms with van der Waals surface area (Å²) in [6, 6.07) is 14.1. The number of nitro benzene ring substituents is 1. The summed E-state index contributed by atoms with van der Waals surface area (Å²) < 4.78 is 0. The smallest absolute Gasteiger partial charge is 0.269 e. The van der Waals surface area contributed by atoms with Crippen LogP contribution in [0.1, 0.15) is 18.5 Å². The highest BCUT2D eigenvalue weighted by molar-refractivity contribution is 6.31. The van der Waals surface area contributed by atoms with Gasteiger partial charge in [-0.15, -0.1) is 0 Å². The first-order chi connectivity index (χ1) is 13.9. The third-order valence-electron chi connectivity index (χ3n) is 5.49. The quantitative estimate of drug-likeness (QED) is 0.531. The lowest BCUT2D eigenvalue weighted by molar-refractivity contribution is -0.384. The Morgan fingerprint density at radius 3 is 2.34 bits per heavy atom. The lowest BCUT2D eigenvalue weighted by Crippen LogP contribution is -2.50. The molecule has 3 rings (SSSR count). The second-order valence-electron chi connectivity index (χ2n) is 7.24. The summed E-state index contributed by atoms with van der Waals surface area (Å²) in [6.07, 6.45) is 0. The maximum absolute atomic E-state index is 12.6. The number of non-ortho nitro benzene ring substituents is 1. The predicted molar refractivity (Wildman–Crippen MR) is 114 cm³/mol. The van der Waals surface area contributed by atoms with Crippen LogP contribution in [0.3, 0.4) is 0 Å². The number of halogens is 1. The summed E-state index contributed by atoms with van der Waals surface area (Å²) in [7, 11) is 1.69. The van der Waals surface area contributed by atoms with Gasteiger partial charge >= 0.3 is 0 Å². The fourth-order valence-electron chi connectivity index (χ4n) is 3.56. The van der Waals surface area contributed by atoms with E-state index in [-0.39, 0.29) is 17.6 Å². The Hall–Kier alpha value is -2.48. The van der Waals surface area contributed by atoms with Gasteiger partial charge in [-0.3, -0.25) is 24.7 Å². The van der Waals surface area contributed by atoms with Crippen LogP contribution < -0.4 is 4.90 Å². The van der Waals surface area contributed by atoms with Crippen LogP contribution in [0, 0.1) is 10.1 Å². The second-order valence-corrected chi connectivity index (χ2v) is 7.64. The zero-order valence-corrected chi connectivity index (χ0v) is 17.4. The third-order valence-corrected chi connectivity index (χ3v) is 5.83. The average molecular weight is 417 g/mol. The minimum absolute atomic E-state index is 0.0124. The fraction of sp³-hybridized carbons (Fsp3) is 0.381. The van der Waals surface area contributed by atoms with Crippen LogP contribution in [0.5, 0.6) is 0 Å². The first-order valence-electron chi connectivity index (χ1n) is 9.58. The van der Waals surface area contributed by atoms with Crippen LogP contribution in [-0.4, -0.2) is 60.4 Å². The Balaban J connectivity index is 1.53. The Labute approximate surface area is 175 Å². The molecule has 0 aromatic heterocycles. The third kappa shape index (κ3) is 5.12. The van der Waals surface area contributed by atoms with E-state index >= 15 is 0 Å². The molecule has 0 N–H and O–H groups in total. The number of hydrogen-bond acceptors (Lipinski definition) is 5. The molecule has 29 heavy (non-hydrogen) atoms. The van der Waals surface area contributed by atoms with Crippen molar-refractivity contribution in [2.24, 2.45) is 0 Å². The van der Waals surface area contributed by atoms with E-state index in [0.29, 0.717) is 12.2 Å². The number of piperazine rings is 1. The van der Waals surface area contributed by atoms with E-state index in [4.69, 9.17) is 11.6 Å². The van der Waals surface area contributed by atoms with Gasteiger partial charge in [0.15, 0.2) is 0 Å². The molecular weight excluding hydrogens is 392 g/mol. The number of carbonyl (C=O) groups excluding carboxylic acids is 1. The Morgan fingerprint density at radius 1 is 1.14 bits per heavy atom. The van der Waals surface area contributed by atoms with E-state index in [1.807, 2.05) is 18.2 Å². The molecule has 154 valence electrons. The van der Waals surface area contributed by atoms with Gasteiger partial charge < -0.3 is 4.90 Å². The first kappa shape index (κ1) is 21.2. The Morgan fingerprint density at radius 2 is 1.76 bits per heavy atom. The number of nitrogens with zero attached hydrogens (tertiary/aromatic N) is 4. The predicted octanol–water partition coefficient (Wildman–Crippen LogP) is 3.59. The molecule has 7 nitrogen and oxygen atoms in total. The molecule has 1 aliphatic rings. The molecule has 0 spiro atoms. The molecule has 0 saturated carbocycles. The highest BCUT2D eigenvalue weighted by atomic mass is 35.5. The molecule has 1 fully saturated rings. The highest BCUT2D eigenvalue weighted by Crippen LogP contribution is 2.27. The van der Waals surface area contributed by atoms with E-state index < -0.39 is 4.92 Å². The summed E-state index contributed by atoms with van der Waals surface area (Å²) in [4.78, 5) is 29.0. The first-order valence-corrected chi connectivity index (χ1v) is 9.96. The van der Waals surface area contributed by atoms with Crippen molar-refractivity contribution >= 4 is 28.9 Å². The summed E-state index contributed by atoms with van der Waals surface area (Å²) in [5, 5.41) is 11.5. The van der Waals surface area contributed by atoms with Gasteiger partial charge in [-0.05, 0) is 30.7 Å². The van der Waals surface area contributed by atoms with Crippen LogP contribution in [-0.2, 0) is 4.79 Å². The van der Waals surface area contributed by atoms with E-state index in [9.17, 15) is 14.9 Å². The lowest BCUT2D eigenvalue weighted by atomic mass is 10.1. The van der Waals surface area contributed by atoms with Crippen molar-refractivity contribution in [3.8, 4) is 0 Å². The van der Waals surface area contributed by atoms with E-state index in [2.05, 4.69) is 22.8 Å². The van der Waals surface area contributed by atoms with Crippen molar-refractivity contribution < 1.29 is 9.72 Å². The van der Waals surface area contributed by atoms with Crippen molar-refractivity contribution in [3.05, 3.63) is 69.2 Å². The summed E-state index contributed by atoms with van der Waals surface area (Å²) in [5.41, 5.74) is 1.78. The maximum atomic E-state index is 12.6. The summed E-state index contributed by atoms with van der Waals surface area (Å²) in [6.45, 7) is 5.80. The molecule has 2 aromatic rings. The molecule has 1 saturated heterocycles. The molecule has 1 heterocycles. The van der Waals surface area contributed by atoms with E-state index in [1.165, 1.54) is 12.1 Å². The van der Waals surface area contributed by atoms with Gasteiger partial charge in [0.25, 0.3) is 5.69 Å². The average Bonchev–Trinajstić information content (AvgIpc) is 2.73. The topological polar surface area (TPSA) is 69.9 Å². The monoisotopic (exact) mass is 416 g/mol. The minimum atomic E-state index is -0.450. The fourth-order valence-corrected chi connectivity index (χ4v) is 3.85. The Bertz CT molecular complexity index is 866. The molecule has 1 amide bonds. The number of likely N-dealkylation sites (N-methyl/N-ethyl adjacent to an activating group) is 1. The van der Waals surface area contributed by atoms with Crippen molar-refractivity contribution in [3.63, 3.8) is 0 Å².